The van der Waals surface area contributed by atoms with Gasteiger partial charge in [0.2, 0.25) is 0 Å². The van der Waals surface area contributed by atoms with Crippen LogP contribution in [0.25, 0.3) is 0 Å². The topological polar surface area (TPSA) is 12.4 Å². The lowest BCUT2D eigenvalue weighted by Crippen LogP contribution is -2.14. The second-order valence-electron chi connectivity index (χ2n) is 2.68. The summed E-state index contributed by atoms with van der Waals surface area (Å²) in [6.45, 7) is 5.56. The van der Waals surface area contributed by atoms with Gasteiger partial charge < -0.3 is 0 Å². The fourth-order valence-corrected chi connectivity index (χ4v) is 0.929. The molecule has 2 atom stereocenters. The Morgan fingerprint density at radius 1 is 1.50 bits per heavy atom. The molecule has 1 heterocycles. The van der Waals surface area contributed by atoms with E-state index < -0.39 is 0 Å². The van der Waals surface area contributed by atoms with E-state index in [-0.39, 0.29) is 0 Å². The molecule has 1 aliphatic heterocycles. The van der Waals surface area contributed by atoms with E-state index in [9.17, 15) is 0 Å². The summed E-state index contributed by atoms with van der Waals surface area (Å²) in [7, 11) is 0. The summed E-state index contributed by atoms with van der Waals surface area (Å²) in [6.07, 6.45) is 3.35. The zero-order valence-electron chi connectivity index (χ0n) is 5.59. The first kappa shape index (κ1) is 5.80. The van der Waals surface area contributed by atoms with Crippen LogP contribution in [0.3, 0.4) is 0 Å². The lowest BCUT2D eigenvalue weighted by atomic mass is 9.92. The Labute approximate surface area is 50.8 Å². The summed E-state index contributed by atoms with van der Waals surface area (Å²) in [5, 5.41) is 0. The predicted octanol–water partition coefficient (Wildman–Crippen LogP) is 1.73. The normalized spacial score (nSPS) is 37.8. The van der Waals surface area contributed by atoms with Crippen LogP contribution < -0.4 is 0 Å². The zero-order valence-corrected chi connectivity index (χ0v) is 5.59. The van der Waals surface area contributed by atoms with Crippen molar-refractivity contribution in [2.75, 3.05) is 6.54 Å². The summed E-state index contributed by atoms with van der Waals surface area (Å²) < 4.78 is 0. The molecule has 0 amide bonds. The maximum absolute atomic E-state index is 4.18. The summed E-state index contributed by atoms with van der Waals surface area (Å²) in [5.74, 6) is 1.57. The highest BCUT2D eigenvalue weighted by Gasteiger charge is 2.11. The van der Waals surface area contributed by atoms with Gasteiger partial charge in [0, 0.05) is 12.8 Å². The molecule has 46 valence electrons. The van der Waals surface area contributed by atoms with E-state index in [4.69, 9.17) is 0 Å². The van der Waals surface area contributed by atoms with Crippen LogP contribution in [0.1, 0.15) is 20.3 Å². The highest BCUT2D eigenvalue weighted by molar-refractivity contribution is 5.61. The van der Waals surface area contributed by atoms with Gasteiger partial charge in [-0.25, -0.2) is 0 Å². The van der Waals surface area contributed by atoms with E-state index in [1.54, 1.807) is 0 Å². The summed E-state index contributed by atoms with van der Waals surface area (Å²) in [5.41, 5.74) is 0. The van der Waals surface area contributed by atoms with Crippen molar-refractivity contribution in [3.8, 4) is 0 Å². The first-order valence-electron chi connectivity index (χ1n) is 3.30. The van der Waals surface area contributed by atoms with E-state index in [0.717, 1.165) is 12.5 Å². The minimum absolute atomic E-state index is 0.712. The molecule has 0 saturated carbocycles. The minimum Gasteiger partial charge on any atom is -0.297 e. The molecule has 0 aromatic rings. The molecule has 0 aliphatic carbocycles. The molecule has 0 saturated heterocycles. The van der Waals surface area contributed by atoms with Crippen molar-refractivity contribution in [2.24, 2.45) is 16.8 Å². The van der Waals surface area contributed by atoms with E-state index in [1.165, 1.54) is 6.42 Å². The van der Waals surface area contributed by atoms with E-state index in [1.807, 2.05) is 0 Å². The average molecular weight is 111 g/mol. The van der Waals surface area contributed by atoms with Gasteiger partial charge >= 0.3 is 0 Å². The van der Waals surface area contributed by atoms with Crippen molar-refractivity contribution in [3.05, 3.63) is 0 Å². The van der Waals surface area contributed by atoms with Crippen molar-refractivity contribution < 1.29 is 0 Å². The molecule has 0 spiro atoms. The summed E-state index contributed by atoms with van der Waals surface area (Å²) in [4.78, 5) is 4.18. The fraction of sp³-hybridized carbons (Fsp3) is 0.857. The van der Waals surface area contributed by atoms with Crippen LogP contribution in [0.5, 0.6) is 0 Å². The Balaban J connectivity index is 2.47. The molecule has 2 unspecified atom stereocenters. The molecule has 8 heavy (non-hydrogen) atoms. The van der Waals surface area contributed by atoms with Crippen LogP contribution in [0.15, 0.2) is 4.99 Å². The quantitative estimate of drug-likeness (QED) is 0.451. The van der Waals surface area contributed by atoms with Gasteiger partial charge in [0.15, 0.2) is 0 Å². The van der Waals surface area contributed by atoms with Crippen LogP contribution in [-0.4, -0.2) is 12.8 Å². The lowest BCUT2D eigenvalue weighted by Gasteiger charge is -2.18. The molecule has 1 heteroatoms. The molecule has 1 nitrogen and oxygen atoms in total. The van der Waals surface area contributed by atoms with Crippen molar-refractivity contribution in [1.29, 1.82) is 0 Å². The Morgan fingerprint density at radius 3 is 2.62 bits per heavy atom. The van der Waals surface area contributed by atoms with Crippen LogP contribution in [0.2, 0.25) is 0 Å². The summed E-state index contributed by atoms with van der Waals surface area (Å²) in [6, 6.07) is 0. The molecule has 1 rings (SSSR count). The van der Waals surface area contributed by atoms with E-state index in [2.05, 4.69) is 25.1 Å². The Kier molecular flexibility index (Phi) is 1.66. The van der Waals surface area contributed by atoms with Gasteiger partial charge in [0.25, 0.3) is 0 Å². The van der Waals surface area contributed by atoms with Gasteiger partial charge in [-0.2, -0.15) is 0 Å². The first-order valence-corrected chi connectivity index (χ1v) is 3.30. The maximum atomic E-state index is 4.18. The molecule has 0 radical (unpaired) electrons. The number of hydrogen-bond donors (Lipinski definition) is 0. The van der Waals surface area contributed by atoms with Gasteiger partial charge in [-0.3, -0.25) is 4.99 Å². The zero-order chi connectivity index (χ0) is 5.98. The molecule has 0 bridgehead atoms. The van der Waals surface area contributed by atoms with Crippen molar-refractivity contribution in [2.45, 2.75) is 20.3 Å². The van der Waals surface area contributed by atoms with Gasteiger partial charge in [-0.05, 0) is 18.3 Å². The predicted molar refractivity (Wildman–Crippen MR) is 36.3 cm³/mol. The molecule has 0 N–H and O–H groups in total. The van der Waals surface area contributed by atoms with E-state index in [0.29, 0.717) is 5.92 Å². The van der Waals surface area contributed by atoms with Gasteiger partial charge in [-0.15, -0.1) is 0 Å². The first-order chi connectivity index (χ1) is 3.80. The van der Waals surface area contributed by atoms with Crippen LogP contribution in [0.4, 0.5) is 0 Å². The van der Waals surface area contributed by atoms with Gasteiger partial charge in [0.05, 0.1) is 0 Å². The lowest BCUT2D eigenvalue weighted by molar-refractivity contribution is 0.443. The molecule has 0 aromatic heterocycles. The minimum atomic E-state index is 0.712. The third kappa shape index (κ3) is 1.09. The molecule has 0 fully saturated rings. The third-order valence-corrected chi connectivity index (χ3v) is 1.95. The van der Waals surface area contributed by atoms with Crippen LogP contribution in [0, 0.1) is 11.8 Å². The standard InChI is InChI=1S/C7H13N/c1-6-3-4-8-5-7(6)2/h5-7H,3-4H2,1-2H3. The maximum Gasteiger partial charge on any atom is 0.0388 e. The van der Waals surface area contributed by atoms with Gasteiger partial charge in [0.1, 0.15) is 0 Å². The molecular formula is C7H13N. The molecular weight excluding hydrogens is 98.1 g/mol. The number of nitrogens with zero attached hydrogens (tertiary/aromatic N) is 1. The van der Waals surface area contributed by atoms with Gasteiger partial charge in [-0.1, -0.05) is 13.8 Å². The third-order valence-electron chi connectivity index (χ3n) is 1.95. The van der Waals surface area contributed by atoms with Crippen molar-refractivity contribution in [3.63, 3.8) is 0 Å². The SMILES string of the molecule is CC1C=NCCC1C. The number of aliphatic imine (C=N–C) groups is 1. The number of hydrogen-bond acceptors (Lipinski definition) is 1. The Morgan fingerprint density at radius 2 is 2.25 bits per heavy atom. The second kappa shape index (κ2) is 2.29. The number of rotatable bonds is 0. The molecule has 0 aromatic carbocycles. The summed E-state index contributed by atoms with van der Waals surface area (Å²) >= 11 is 0. The second-order valence-corrected chi connectivity index (χ2v) is 2.68. The highest BCUT2D eigenvalue weighted by atomic mass is 14.7. The Hall–Kier alpha value is -0.330. The smallest absolute Gasteiger partial charge is 0.0388 e. The monoisotopic (exact) mass is 111 g/mol. The Bertz CT molecular complexity index is 96.6. The highest BCUT2D eigenvalue weighted by Crippen LogP contribution is 2.16. The van der Waals surface area contributed by atoms with Crippen LogP contribution >= 0.6 is 0 Å². The van der Waals surface area contributed by atoms with Crippen molar-refractivity contribution >= 4 is 6.21 Å². The van der Waals surface area contributed by atoms with Crippen LogP contribution in [-0.2, 0) is 0 Å². The largest absolute Gasteiger partial charge is 0.297 e. The average Bonchev–Trinajstić information content (AvgIpc) is 1.77. The van der Waals surface area contributed by atoms with E-state index >= 15 is 0 Å². The van der Waals surface area contributed by atoms with Crippen molar-refractivity contribution in [1.82, 2.24) is 0 Å². The molecule has 1 aliphatic rings. The fourth-order valence-electron chi connectivity index (χ4n) is 0.929.